The fourth-order valence-electron chi connectivity index (χ4n) is 2.76. The van der Waals surface area contributed by atoms with Crippen LogP contribution in [0.3, 0.4) is 0 Å². The van der Waals surface area contributed by atoms with Crippen molar-refractivity contribution in [1.29, 1.82) is 0 Å². The van der Waals surface area contributed by atoms with Crippen LogP contribution in [0.2, 0.25) is 0 Å². The number of guanidine groups is 1. The van der Waals surface area contributed by atoms with E-state index in [-0.39, 0.29) is 24.0 Å². The van der Waals surface area contributed by atoms with E-state index in [1.165, 1.54) is 25.7 Å². The van der Waals surface area contributed by atoms with Gasteiger partial charge in [-0.25, -0.2) is 4.99 Å². The Labute approximate surface area is 143 Å². The molecule has 1 aliphatic heterocycles. The van der Waals surface area contributed by atoms with Gasteiger partial charge in [0, 0.05) is 26.1 Å². The molecule has 1 aromatic rings. The van der Waals surface area contributed by atoms with Gasteiger partial charge in [-0.1, -0.05) is 6.42 Å². The highest BCUT2D eigenvalue weighted by atomic mass is 127. The average Bonchev–Trinajstić information content (AvgIpc) is 2.97. The van der Waals surface area contributed by atoms with Crippen LogP contribution < -0.4 is 10.6 Å². The highest BCUT2D eigenvalue weighted by Gasteiger charge is 2.18. The summed E-state index contributed by atoms with van der Waals surface area (Å²) in [4.78, 5) is 4.63. The highest BCUT2D eigenvalue weighted by Crippen LogP contribution is 2.25. The summed E-state index contributed by atoms with van der Waals surface area (Å²) in [5.74, 6) is 3.83. The predicted molar refractivity (Wildman–Crippen MR) is 93.9 cm³/mol. The topological polar surface area (TPSA) is 67.1 Å². The van der Waals surface area contributed by atoms with Crippen molar-refractivity contribution in [3.05, 3.63) is 11.6 Å². The second-order valence-electron chi connectivity index (χ2n) is 5.66. The predicted octanol–water partition coefficient (Wildman–Crippen LogP) is 1.70. The van der Waals surface area contributed by atoms with Gasteiger partial charge in [-0.3, -0.25) is 0 Å². The van der Waals surface area contributed by atoms with E-state index in [1.54, 1.807) is 0 Å². The van der Waals surface area contributed by atoms with Crippen LogP contribution in [0.15, 0.2) is 4.99 Å². The molecule has 1 saturated carbocycles. The molecule has 1 aliphatic carbocycles. The molecule has 2 N–H and O–H groups in total. The van der Waals surface area contributed by atoms with Crippen molar-refractivity contribution >= 4 is 29.9 Å². The molecule has 0 amide bonds. The Morgan fingerprint density at radius 2 is 2.14 bits per heavy atom. The van der Waals surface area contributed by atoms with Crippen LogP contribution in [0, 0.1) is 5.92 Å². The first-order valence-corrected chi connectivity index (χ1v) is 7.80. The zero-order chi connectivity index (χ0) is 13.8. The van der Waals surface area contributed by atoms with E-state index in [1.807, 2.05) is 0 Å². The van der Waals surface area contributed by atoms with Crippen LogP contribution in [0.1, 0.15) is 44.3 Å². The first kappa shape index (κ1) is 16.5. The molecule has 1 fully saturated rings. The smallest absolute Gasteiger partial charge is 0.191 e. The van der Waals surface area contributed by atoms with Crippen LogP contribution in [0.5, 0.6) is 0 Å². The fourth-order valence-corrected chi connectivity index (χ4v) is 2.76. The molecule has 0 aromatic carbocycles. The average molecular weight is 404 g/mol. The number of hydrogen-bond acceptors (Lipinski definition) is 3. The van der Waals surface area contributed by atoms with Crippen molar-refractivity contribution in [3.8, 4) is 0 Å². The molecular formula is C14H25IN6. The lowest BCUT2D eigenvalue weighted by atomic mass is 9.85. The summed E-state index contributed by atoms with van der Waals surface area (Å²) >= 11 is 0. The molecule has 2 aliphatic rings. The van der Waals surface area contributed by atoms with Crippen molar-refractivity contribution in [1.82, 2.24) is 25.4 Å². The molecule has 0 unspecified atom stereocenters. The van der Waals surface area contributed by atoms with Crippen molar-refractivity contribution in [2.24, 2.45) is 10.9 Å². The quantitative estimate of drug-likeness (QED) is 0.446. The third-order valence-corrected chi connectivity index (χ3v) is 4.19. The molecule has 6 nitrogen and oxygen atoms in total. The van der Waals surface area contributed by atoms with Gasteiger partial charge in [0.15, 0.2) is 11.8 Å². The number of halogens is 1. The summed E-state index contributed by atoms with van der Waals surface area (Å²) < 4.78 is 2.21. The maximum atomic E-state index is 4.63. The van der Waals surface area contributed by atoms with Gasteiger partial charge in [0.25, 0.3) is 0 Å². The van der Waals surface area contributed by atoms with Gasteiger partial charge >= 0.3 is 0 Å². The Kier molecular flexibility index (Phi) is 6.25. The first-order chi connectivity index (χ1) is 9.86. The van der Waals surface area contributed by atoms with Gasteiger partial charge in [-0.15, -0.1) is 34.2 Å². The van der Waals surface area contributed by atoms with Crippen LogP contribution in [0.4, 0.5) is 0 Å². The van der Waals surface area contributed by atoms with E-state index in [9.17, 15) is 0 Å². The molecule has 7 heteroatoms. The summed E-state index contributed by atoms with van der Waals surface area (Å²) in [6.07, 6.45) is 6.32. The minimum absolute atomic E-state index is 0. The standard InChI is InChI=1S/C14H24N6.HI/c1-2-15-14(16-9-11-5-3-6-11)17-10-13-19-18-12-7-4-8-20(12)13;/h11H,2-10H2,1H3,(H2,15,16,17);1H. The monoisotopic (exact) mass is 404 g/mol. The second kappa shape index (κ2) is 7.95. The van der Waals surface area contributed by atoms with Crippen LogP contribution in [0.25, 0.3) is 0 Å². The summed E-state index contributed by atoms with van der Waals surface area (Å²) in [6, 6.07) is 0. The van der Waals surface area contributed by atoms with Crippen LogP contribution in [-0.4, -0.2) is 33.8 Å². The van der Waals surface area contributed by atoms with Gasteiger partial charge in [0.2, 0.25) is 0 Å². The summed E-state index contributed by atoms with van der Waals surface area (Å²) in [5, 5.41) is 15.2. The molecule has 0 saturated heterocycles. The highest BCUT2D eigenvalue weighted by molar-refractivity contribution is 14.0. The Hall–Kier alpha value is -0.860. The zero-order valence-corrected chi connectivity index (χ0v) is 15.0. The van der Waals surface area contributed by atoms with Crippen LogP contribution in [-0.2, 0) is 19.5 Å². The van der Waals surface area contributed by atoms with E-state index >= 15 is 0 Å². The number of aryl methyl sites for hydroxylation is 1. The van der Waals surface area contributed by atoms with Crippen molar-refractivity contribution in [3.63, 3.8) is 0 Å². The first-order valence-electron chi connectivity index (χ1n) is 7.80. The summed E-state index contributed by atoms with van der Waals surface area (Å²) in [6.45, 7) is 5.65. The Morgan fingerprint density at radius 1 is 1.29 bits per heavy atom. The summed E-state index contributed by atoms with van der Waals surface area (Å²) in [5.41, 5.74) is 0. The molecule has 0 spiro atoms. The molecule has 2 heterocycles. The van der Waals surface area contributed by atoms with Gasteiger partial charge in [0.05, 0.1) is 0 Å². The molecule has 21 heavy (non-hydrogen) atoms. The molecule has 118 valence electrons. The third-order valence-electron chi connectivity index (χ3n) is 4.19. The lowest BCUT2D eigenvalue weighted by molar-refractivity contribution is 0.314. The third kappa shape index (κ3) is 4.08. The maximum absolute atomic E-state index is 4.63. The number of fused-ring (bicyclic) bond motifs is 1. The normalized spacial score (nSPS) is 17.9. The van der Waals surface area contributed by atoms with E-state index in [4.69, 9.17) is 0 Å². The van der Waals surface area contributed by atoms with E-state index < -0.39 is 0 Å². The minimum atomic E-state index is 0. The van der Waals surface area contributed by atoms with E-state index in [0.29, 0.717) is 6.54 Å². The molecule has 3 rings (SSSR count). The lowest BCUT2D eigenvalue weighted by Crippen LogP contribution is -2.41. The number of rotatable bonds is 5. The number of aromatic nitrogens is 3. The van der Waals surface area contributed by atoms with E-state index in [2.05, 4.69) is 37.3 Å². The maximum Gasteiger partial charge on any atom is 0.191 e. The number of hydrogen-bond donors (Lipinski definition) is 2. The van der Waals surface area contributed by atoms with Crippen LogP contribution >= 0.6 is 24.0 Å². The molecule has 0 bridgehead atoms. The Bertz CT molecular complexity index is 480. The number of aliphatic imine (C=N–C) groups is 1. The molecule has 1 aromatic heterocycles. The molecule has 0 atom stereocenters. The number of nitrogens with zero attached hydrogens (tertiary/aromatic N) is 4. The minimum Gasteiger partial charge on any atom is -0.357 e. The van der Waals surface area contributed by atoms with Gasteiger partial charge < -0.3 is 15.2 Å². The van der Waals surface area contributed by atoms with Crippen molar-refractivity contribution in [2.45, 2.75) is 52.1 Å². The van der Waals surface area contributed by atoms with Crippen molar-refractivity contribution < 1.29 is 0 Å². The molecule has 0 radical (unpaired) electrons. The Balaban J connectivity index is 0.00000161. The largest absolute Gasteiger partial charge is 0.357 e. The number of nitrogens with one attached hydrogen (secondary N) is 2. The zero-order valence-electron chi connectivity index (χ0n) is 12.6. The van der Waals surface area contributed by atoms with Gasteiger partial charge in [-0.05, 0) is 32.1 Å². The lowest BCUT2D eigenvalue weighted by Gasteiger charge is -2.26. The summed E-state index contributed by atoms with van der Waals surface area (Å²) in [7, 11) is 0. The SMILES string of the molecule is CCNC(=NCc1nnc2n1CCC2)NCC1CCC1.I. The van der Waals surface area contributed by atoms with Gasteiger partial charge in [0.1, 0.15) is 12.4 Å². The fraction of sp³-hybridized carbons (Fsp3) is 0.786. The second-order valence-corrected chi connectivity index (χ2v) is 5.66. The Morgan fingerprint density at radius 3 is 2.86 bits per heavy atom. The van der Waals surface area contributed by atoms with Gasteiger partial charge in [-0.2, -0.15) is 0 Å². The van der Waals surface area contributed by atoms with Crippen molar-refractivity contribution in [2.75, 3.05) is 13.1 Å². The molecular weight excluding hydrogens is 379 g/mol. The van der Waals surface area contributed by atoms with E-state index in [0.717, 1.165) is 49.6 Å².